The zero-order valence-electron chi connectivity index (χ0n) is 16.4. The molecule has 4 aromatic rings. The number of aromatic nitrogens is 2. The lowest BCUT2D eigenvalue weighted by atomic mass is 10.0. The molecule has 9 heteroatoms. The highest BCUT2D eigenvalue weighted by Gasteiger charge is 2.31. The van der Waals surface area contributed by atoms with E-state index >= 15 is 0 Å². The molecule has 0 spiro atoms. The van der Waals surface area contributed by atoms with Crippen molar-refractivity contribution in [2.45, 2.75) is 33.0 Å². The molecule has 0 saturated heterocycles. The number of nitrogens with zero attached hydrogens (tertiary/aromatic N) is 2. The molecule has 4 rings (SSSR count). The fourth-order valence-electron chi connectivity index (χ4n) is 3.49. The van der Waals surface area contributed by atoms with E-state index in [-0.39, 0.29) is 11.4 Å². The maximum Gasteiger partial charge on any atom is 0.416 e. The van der Waals surface area contributed by atoms with Crippen LogP contribution in [0.3, 0.4) is 0 Å². The Morgan fingerprint density at radius 2 is 1.80 bits per heavy atom. The lowest BCUT2D eigenvalue weighted by molar-refractivity contribution is -0.137. The van der Waals surface area contributed by atoms with E-state index in [1.54, 1.807) is 26.8 Å². The SMILES string of the molecule is Cc1nc(N[C@H](C)c2cc(N)cc(C(F)(F)F)c2)c2cc(O)c3oc(C)cc3c2n1. The maximum atomic E-state index is 13.2. The Hall–Kier alpha value is -3.49. The van der Waals surface area contributed by atoms with Gasteiger partial charge in [0.2, 0.25) is 0 Å². The number of nitrogens with one attached hydrogen (secondary N) is 1. The van der Waals surface area contributed by atoms with E-state index < -0.39 is 17.8 Å². The summed E-state index contributed by atoms with van der Waals surface area (Å²) in [5.74, 6) is 1.40. The molecule has 1 atom stereocenters. The number of aromatic hydroxyl groups is 1. The van der Waals surface area contributed by atoms with Crippen molar-refractivity contribution in [3.8, 4) is 5.75 Å². The lowest BCUT2D eigenvalue weighted by Crippen LogP contribution is -2.12. The van der Waals surface area contributed by atoms with Crippen LogP contribution in [-0.4, -0.2) is 15.1 Å². The van der Waals surface area contributed by atoms with E-state index in [9.17, 15) is 18.3 Å². The first-order chi connectivity index (χ1) is 14.0. The Kier molecular flexibility index (Phi) is 4.48. The number of aryl methyl sites for hydroxylation is 2. The zero-order chi connectivity index (χ0) is 21.8. The summed E-state index contributed by atoms with van der Waals surface area (Å²) in [5, 5.41) is 14.7. The predicted molar refractivity (Wildman–Crippen MR) is 108 cm³/mol. The summed E-state index contributed by atoms with van der Waals surface area (Å²) < 4.78 is 45.0. The van der Waals surface area contributed by atoms with Gasteiger partial charge >= 0.3 is 6.18 Å². The van der Waals surface area contributed by atoms with Gasteiger partial charge in [0.15, 0.2) is 11.3 Å². The van der Waals surface area contributed by atoms with E-state index in [4.69, 9.17) is 10.2 Å². The number of anilines is 2. The summed E-state index contributed by atoms with van der Waals surface area (Å²) in [7, 11) is 0. The van der Waals surface area contributed by atoms with Crippen molar-refractivity contribution in [1.29, 1.82) is 0 Å². The molecule has 6 nitrogen and oxygen atoms in total. The van der Waals surface area contributed by atoms with Crippen LogP contribution in [0.15, 0.2) is 34.7 Å². The Balaban J connectivity index is 1.82. The van der Waals surface area contributed by atoms with E-state index in [2.05, 4.69) is 15.3 Å². The number of nitrogens with two attached hydrogens (primary N) is 1. The van der Waals surface area contributed by atoms with Crippen LogP contribution in [0.1, 0.15) is 35.7 Å². The molecule has 2 aromatic heterocycles. The average molecular weight is 416 g/mol. The number of alkyl halides is 3. The van der Waals surface area contributed by atoms with Gasteiger partial charge in [0.25, 0.3) is 0 Å². The van der Waals surface area contributed by atoms with E-state index in [0.29, 0.717) is 44.8 Å². The van der Waals surface area contributed by atoms with Crippen LogP contribution >= 0.6 is 0 Å². The molecule has 0 fully saturated rings. The smallest absolute Gasteiger partial charge is 0.416 e. The minimum Gasteiger partial charge on any atom is -0.504 e. The Labute approximate surface area is 169 Å². The van der Waals surface area contributed by atoms with Crippen LogP contribution in [0.25, 0.3) is 21.9 Å². The van der Waals surface area contributed by atoms with E-state index in [1.165, 1.54) is 12.1 Å². The molecule has 2 aromatic carbocycles. The minimum absolute atomic E-state index is 0.0189. The van der Waals surface area contributed by atoms with Gasteiger partial charge in [0.05, 0.1) is 22.5 Å². The lowest BCUT2D eigenvalue weighted by Gasteiger charge is -2.19. The van der Waals surface area contributed by atoms with Gasteiger partial charge in [0.1, 0.15) is 17.4 Å². The summed E-state index contributed by atoms with van der Waals surface area (Å²) in [6, 6.07) is 6.14. The Morgan fingerprint density at radius 3 is 2.50 bits per heavy atom. The molecule has 0 aliphatic rings. The first kappa shape index (κ1) is 19.8. The highest BCUT2D eigenvalue weighted by molar-refractivity contribution is 6.09. The van der Waals surface area contributed by atoms with Crippen molar-refractivity contribution in [2.24, 2.45) is 0 Å². The van der Waals surface area contributed by atoms with E-state index in [0.717, 1.165) is 12.1 Å². The zero-order valence-corrected chi connectivity index (χ0v) is 16.4. The van der Waals surface area contributed by atoms with Gasteiger partial charge in [-0.2, -0.15) is 13.2 Å². The number of fused-ring (bicyclic) bond motifs is 3. The van der Waals surface area contributed by atoms with Crippen molar-refractivity contribution in [2.75, 3.05) is 11.1 Å². The third-order valence-electron chi connectivity index (χ3n) is 4.84. The van der Waals surface area contributed by atoms with Crippen LogP contribution in [0.5, 0.6) is 5.75 Å². The minimum atomic E-state index is -4.50. The molecule has 0 aliphatic heterocycles. The molecule has 0 saturated carbocycles. The van der Waals surface area contributed by atoms with Gasteiger partial charge in [-0.05, 0) is 56.7 Å². The second-order valence-corrected chi connectivity index (χ2v) is 7.26. The molecule has 4 N–H and O–H groups in total. The number of hydrogen-bond donors (Lipinski definition) is 3. The number of rotatable bonds is 3. The molecule has 30 heavy (non-hydrogen) atoms. The topological polar surface area (TPSA) is 97.2 Å². The summed E-state index contributed by atoms with van der Waals surface area (Å²) in [4.78, 5) is 8.87. The van der Waals surface area contributed by atoms with E-state index in [1.807, 2.05) is 0 Å². The normalized spacial score (nSPS) is 13.1. The largest absolute Gasteiger partial charge is 0.504 e. The number of phenols is 1. The first-order valence-corrected chi connectivity index (χ1v) is 9.17. The maximum absolute atomic E-state index is 13.2. The number of halogens is 3. The predicted octanol–water partition coefficient (Wildman–Crippen LogP) is 5.47. The van der Waals surface area contributed by atoms with Gasteiger partial charge in [0, 0.05) is 11.1 Å². The number of benzene rings is 2. The Bertz CT molecular complexity index is 1280. The van der Waals surface area contributed by atoms with Gasteiger partial charge in [-0.1, -0.05) is 0 Å². The summed E-state index contributed by atoms with van der Waals surface area (Å²) in [6.07, 6.45) is -4.50. The van der Waals surface area contributed by atoms with Gasteiger partial charge in [-0.3, -0.25) is 0 Å². The number of hydrogen-bond acceptors (Lipinski definition) is 6. The van der Waals surface area contributed by atoms with Crippen LogP contribution in [0.4, 0.5) is 24.7 Å². The second-order valence-electron chi connectivity index (χ2n) is 7.26. The fourth-order valence-corrected chi connectivity index (χ4v) is 3.49. The van der Waals surface area contributed by atoms with Crippen molar-refractivity contribution < 1.29 is 22.7 Å². The molecule has 0 radical (unpaired) electrons. The number of furan rings is 1. The van der Waals surface area contributed by atoms with Gasteiger partial charge < -0.3 is 20.6 Å². The van der Waals surface area contributed by atoms with Gasteiger partial charge in [-0.25, -0.2) is 9.97 Å². The second kappa shape index (κ2) is 6.79. The number of phenolic OH excluding ortho intramolecular Hbond substituents is 1. The highest BCUT2D eigenvalue weighted by atomic mass is 19.4. The standard InChI is InChI=1S/C21H19F3N4O2/c1-9-4-15-18-16(8-17(29)19(15)30-9)20(28-11(3)27-18)26-10(2)12-5-13(21(22,23)24)7-14(25)6-12/h4-8,10,29H,25H2,1-3H3,(H,26,27,28)/t10-/m1/s1. The third kappa shape index (κ3) is 3.47. The van der Waals surface area contributed by atoms with Crippen LogP contribution in [0.2, 0.25) is 0 Å². The molecule has 156 valence electrons. The molecule has 0 unspecified atom stereocenters. The van der Waals surface area contributed by atoms with Crippen LogP contribution < -0.4 is 11.1 Å². The van der Waals surface area contributed by atoms with Crippen LogP contribution in [0, 0.1) is 13.8 Å². The molecule has 0 amide bonds. The quantitative estimate of drug-likeness (QED) is 0.383. The summed E-state index contributed by atoms with van der Waals surface area (Å²) >= 11 is 0. The third-order valence-corrected chi connectivity index (χ3v) is 4.84. The van der Waals surface area contributed by atoms with Crippen molar-refractivity contribution in [3.05, 3.63) is 53.0 Å². The fraction of sp³-hybridized carbons (Fsp3) is 0.238. The summed E-state index contributed by atoms with van der Waals surface area (Å²) in [6.45, 7) is 5.18. The molecule has 0 aliphatic carbocycles. The summed E-state index contributed by atoms with van der Waals surface area (Å²) in [5.41, 5.74) is 6.15. The van der Waals surface area contributed by atoms with Crippen molar-refractivity contribution in [3.63, 3.8) is 0 Å². The van der Waals surface area contributed by atoms with Crippen molar-refractivity contribution in [1.82, 2.24) is 9.97 Å². The average Bonchev–Trinajstić information content (AvgIpc) is 3.04. The van der Waals surface area contributed by atoms with Gasteiger partial charge in [-0.15, -0.1) is 0 Å². The molecular weight excluding hydrogens is 397 g/mol. The highest BCUT2D eigenvalue weighted by Crippen LogP contribution is 2.38. The molecule has 0 bridgehead atoms. The van der Waals surface area contributed by atoms with Crippen molar-refractivity contribution >= 4 is 33.4 Å². The number of nitrogen functional groups attached to an aromatic ring is 1. The first-order valence-electron chi connectivity index (χ1n) is 9.17. The molecule has 2 heterocycles. The monoisotopic (exact) mass is 416 g/mol. The van der Waals surface area contributed by atoms with Crippen LogP contribution in [-0.2, 0) is 6.18 Å². The molecular formula is C21H19F3N4O2. The Morgan fingerprint density at radius 1 is 1.07 bits per heavy atom.